The van der Waals surface area contributed by atoms with Crippen LogP contribution in [0.2, 0.25) is 0 Å². The van der Waals surface area contributed by atoms with Gasteiger partial charge in [0.2, 0.25) is 0 Å². The third-order valence-electron chi connectivity index (χ3n) is 3.98. The van der Waals surface area contributed by atoms with Crippen LogP contribution in [0.15, 0.2) is 71.3 Å². The smallest absolute Gasteiger partial charge is 0.319 e. The van der Waals surface area contributed by atoms with Crippen molar-refractivity contribution in [2.75, 3.05) is 18.5 Å². The number of furan rings is 1. The first-order valence-electron chi connectivity index (χ1n) is 8.75. The van der Waals surface area contributed by atoms with Crippen LogP contribution < -0.4 is 15.4 Å². The van der Waals surface area contributed by atoms with E-state index in [9.17, 15) is 9.90 Å². The van der Waals surface area contributed by atoms with Gasteiger partial charge in [-0.05, 0) is 48.9 Å². The van der Waals surface area contributed by atoms with Crippen LogP contribution in [0.1, 0.15) is 18.6 Å². The van der Waals surface area contributed by atoms with Gasteiger partial charge in [-0.25, -0.2) is 4.79 Å². The van der Waals surface area contributed by atoms with Crippen LogP contribution in [0.4, 0.5) is 10.5 Å². The van der Waals surface area contributed by atoms with E-state index >= 15 is 0 Å². The third-order valence-corrected chi connectivity index (χ3v) is 3.98. The summed E-state index contributed by atoms with van der Waals surface area (Å²) in [6.45, 7) is 2.60. The Morgan fingerprint density at radius 3 is 2.48 bits per heavy atom. The third kappa shape index (κ3) is 5.12. The van der Waals surface area contributed by atoms with Crippen molar-refractivity contribution in [3.8, 4) is 17.1 Å². The first-order valence-corrected chi connectivity index (χ1v) is 8.75. The van der Waals surface area contributed by atoms with Crippen LogP contribution in [-0.2, 0) is 0 Å². The van der Waals surface area contributed by atoms with Crippen LogP contribution in [0.3, 0.4) is 0 Å². The zero-order valence-corrected chi connectivity index (χ0v) is 15.0. The molecule has 0 radical (unpaired) electrons. The monoisotopic (exact) mass is 366 g/mol. The first kappa shape index (κ1) is 18.5. The Balaban J connectivity index is 1.49. The lowest BCUT2D eigenvalue weighted by Crippen LogP contribution is -2.32. The van der Waals surface area contributed by atoms with E-state index in [0.717, 1.165) is 17.1 Å². The fraction of sp³-hybridized carbons (Fsp3) is 0.190. The lowest BCUT2D eigenvalue weighted by Gasteiger charge is -2.13. The van der Waals surface area contributed by atoms with Crippen LogP contribution in [0, 0.1) is 0 Å². The quantitative estimate of drug-likeness (QED) is 0.585. The Morgan fingerprint density at radius 2 is 1.85 bits per heavy atom. The molecule has 1 atom stereocenters. The Bertz CT molecular complexity index is 843. The van der Waals surface area contributed by atoms with Crippen molar-refractivity contribution < 1.29 is 19.1 Å². The molecule has 1 heterocycles. The number of hydrogen-bond acceptors (Lipinski definition) is 4. The Morgan fingerprint density at radius 1 is 1.11 bits per heavy atom. The molecule has 3 aromatic rings. The number of anilines is 1. The number of aliphatic hydroxyl groups is 1. The van der Waals surface area contributed by atoms with Gasteiger partial charge in [-0.15, -0.1) is 0 Å². The summed E-state index contributed by atoms with van der Waals surface area (Å²) in [7, 11) is 0. The predicted molar refractivity (Wildman–Crippen MR) is 104 cm³/mol. The lowest BCUT2D eigenvalue weighted by molar-refractivity contribution is 0.175. The standard InChI is InChI=1S/C21H22N2O4/c1-2-26-18-11-9-17(10-12-18)23-21(25)22-14-19(24)15-5-7-16(8-6-15)20-4-3-13-27-20/h3-13,19,24H,2,14H2,1H3,(H2,22,23,25)/t19-/m1/s1. The number of rotatable bonds is 7. The molecule has 0 spiro atoms. The number of amides is 2. The highest BCUT2D eigenvalue weighted by molar-refractivity contribution is 5.89. The van der Waals surface area contributed by atoms with E-state index < -0.39 is 6.10 Å². The molecule has 0 aliphatic carbocycles. The molecular weight excluding hydrogens is 344 g/mol. The molecule has 0 fully saturated rings. The number of benzene rings is 2. The summed E-state index contributed by atoms with van der Waals surface area (Å²) in [6.07, 6.45) is 0.812. The molecular formula is C21H22N2O4. The van der Waals surface area contributed by atoms with Gasteiger partial charge in [0.1, 0.15) is 11.5 Å². The van der Waals surface area contributed by atoms with Gasteiger partial charge in [-0.2, -0.15) is 0 Å². The van der Waals surface area contributed by atoms with Crippen molar-refractivity contribution in [2.24, 2.45) is 0 Å². The zero-order chi connectivity index (χ0) is 19.1. The lowest BCUT2D eigenvalue weighted by atomic mass is 10.1. The predicted octanol–water partition coefficient (Wildman–Crippen LogP) is 4.20. The van der Waals surface area contributed by atoms with Crippen molar-refractivity contribution in [1.82, 2.24) is 5.32 Å². The van der Waals surface area contributed by atoms with Crippen LogP contribution >= 0.6 is 0 Å². The summed E-state index contributed by atoms with van der Waals surface area (Å²) in [5, 5.41) is 15.6. The van der Waals surface area contributed by atoms with Crippen LogP contribution in [-0.4, -0.2) is 24.3 Å². The number of carbonyl (C=O) groups is 1. The van der Waals surface area contributed by atoms with Gasteiger partial charge in [0.15, 0.2) is 0 Å². The molecule has 0 aliphatic heterocycles. The second kappa shape index (κ2) is 8.91. The molecule has 140 valence electrons. The summed E-state index contributed by atoms with van der Waals surface area (Å²) >= 11 is 0. The largest absolute Gasteiger partial charge is 0.494 e. The second-order valence-electron chi connectivity index (χ2n) is 5.91. The summed E-state index contributed by atoms with van der Waals surface area (Å²) in [6, 6.07) is 17.8. The van der Waals surface area contributed by atoms with Gasteiger partial charge in [-0.1, -0.05) is 24.3 Å². The number of carbonyl (C=O) groups excluding carboxylic acids is 1. The molecule has 0 saturated heterocycles. The summed E-state index contributed by atoms with van der Waals surface area (Å²) in [5.74, 6) is 1.51. The van der Waals surface area contributed by atoms with Crippen molar-refractivity contribution in [3.05, 3.63) is 72.5 Å². The SMILES string of the molecule is CCOc1ccc(NC(=O)NC[C@@H](O)c2ccc(-c3ccco3)cc2)cc1. The maximum Gasteiger partial charge on any atom is 0.319 e. The Hall–Kier alpha value is -3.25. The molecule has 0 saturated carbocycles. The van der Waals surface area contributed by atoms with Gasteiger partial charge < -0.3 is 24.9 Å². The minimum absolute atomic E-state index is 0.100. The molecule has 2 aromatic carbocycles. The normalized spacial score (nSPS) is 11.6. The number of hydrogen-bond donors (Lipinski definition) is 3. The number of aliphatic hydroxyl groups excluding tert-OH is 1. The average molecular weight is 366 g/mol. The van der Waals surface area contributed by atoms with Crippen LogP contribution in [0.5, 0.6) is 5.75 Å². The van der Waals surface area contributed by atoms with E-state index in [1.165, 1.54) is 0 Å². The minimum Gasteiger partial charge on any atom is -0.494 e. The number of urea groups is 1. The second-order valence-corrected chi connectivity index (χ2v) is 5.91. The van der Waals surface area contributed by atoms with E-state index in [2.05, 4.69) is 10.6 Å². The van der Waals surface area contributed by atoms with E-state index in [4.69, 9.17) is 9.15 Å². The van der Waals surface area contributed by atoms with Crippen molar-refractivity contribution in [2.45, 2.75) is 13.0 Å². The molecule has 27 heavy (non-hydrogen) atoms. The average Bonchev–Trinajstić information content (AvgIpc) is 3.23. The molecule has 0 bridgehead atoms. The number of ether oxygens (including phenoxy) is 1. The van der Waals surface area contributed by atoms with Gasteiger partial charge in [0.25, 0.3) is 0 Å². The van der Waals surface area contributed by atoms with Gasteiger partial charge in [0, 0.05) is 17.8 Å². The van der Waals surface area contributed by atoms with E-state index in [-0.39, 0.29) is 12.6 Å². The summed E-state index contributed by atoms with van der Waals surface area (Å²) in [5.41, 5.74) is 2.29. The Labute approximate surface area is 157 Å². The highest BCUT2D eigenvalue weighted by Gasteiger charge is 2.10. The molecule has 0 aliphatic rings. The highest BCUT2D eigenvalue weighted by Crippen LogP contribution is 2.22. The molecule has 6 heteroatoms. The first-order chi connectivity index (χ1) is 13.2. The van der Waals surface area contributed by atoms with Crippen molar-refractivity contribution in [1.29, 1.82) is 0 Å². The van der Waals surface area contributed by atoms with E-state index in [1.54, 1.807) is 30.5 Å². The topological polar surface area (TPSA) is 83.7 Å². The fourth-order valence-corrected chi connectivity index (χ4v) is 2.60. The van der Waals surface area contributed by atoms with Gasteiger partial charge in [0.05, 0.1) is 19.0 Å². The number of nitrogens with one attached hydrogen (secondary N) is 2. The Kier molecular flexibility index (Phi) is 6.12. The highest BCUT2D eigenvalue weighted by atomic mass is 16.5. The van der Waals surface area contributed by atoms with Crippen molar-refractivity contribution in [3.63, 3.8) is 0 Å². The maximum absolute atomic E-state index is 12.0. The van der Waals surface area contributed by atoms with Gasteiger partial charge in [-0.3, -0.25) is 0 Å². The molecule has 0 unspecified atom stereocenters. The maximum atomic E-state index is 12.0. The molecule has 3 rings (SSSR count). The summed E-state index contributed by atoms with van der Waals surface area (Å²) in [4.78, 5) is 12.0. The zero-order valence-electron chi connectivity index (χ0n) is 15.0. The van der Waals surface area contributed by atoms with Crippen LogP contribution in [0.25, 0.3) is 11.3 Å². The summed E-state index contributed by atoms with van der Waals surface area (Å²) < 4.78 is 10.7. The van der Waals surface area contributed by atoms with E-state index in [1.807, 2.05) is 43.3 Å². The van der Waals surface area contributed by atoms with E-state index in [0.29, 0.717) is 17.9 Å². The molecule has 2 amide bonds. The minimum atomic E-state index is -0.804. The fourth-order valence-electron chi connectivity index (χ4n) is 2.60. The molecule has 6 nitrogen and oxygen atoms in total. The molecule has 3 N–H and O–H groups in total. The van der Waals surface area contributed by atoms with Gasteiger partial charge >= 0.3 is 6.03 Å². The van der Waals surface area contributed by atoms with Crippen molar-refractivity contribution >= 4 is 11.7 Å². The molecule has 1 aromatic heterocycles.